The summed E-state index contributed by atoms with van der Waals surface area (Å²) in [5.74, 6) is 0.434. The molecule has 1 aliphatic rings. The van der Waals surface area contributed by atoms with Crippen LogP contribution in [0.5, 0.6) is 0 Å². The van der Waals surface area contributed by atoms with Crippen molar-refractivity contribution in [2.75, 3.05) is 19.3 Å². The number of rotatable bonds is 6. The van der Waals surface area contributed by atoms with Crippen molar-refractivity contribution in [1.29, 1.82) is 5.26 Å². The summed E-state index contributed by atoms with van der Waals surface area (Å²) in [6.45, 7) is 4.66. The van der Waals surface area contributed by atoms with E-state index in [0.717, 1.165) is 10.9 Å². The van der Waals surface area contributed by atoms with Crippen LogP contribution in [0.3, 0.4) is 0 Å². The molecule has 0 N–H and O–H groups in total. The molecule has 0 radical (unpaired) electrons. The van der Waals surface area contributed by atoms with Crippen LogP contribution in [0.15, 0.2) is 5.16 Å². The summed E-state index contributed by atoms with van der Waals surface area (Å²) in [7, 11) is 1.75. The zero-order chi connectivity index (χ0) is 16.8. The second kappa shape index (κ2) is 8.39. The Kier molecular flexibility index (Phi) is 6.52. The van der Waals surface area contributed by atoms with Crippen LogP contribution in [0.2, 0.25) is 0 Å². The molecule has 0 bridgehead atoms. The van der Waals surface area contributed by atoms with Gasteiger partial charge in [0.25, 0.3) is 0 Å². The third-order valence-electron chi connectivity index (χ3n) is 4.60. The van der Waals surface area contributed by atoms with Gasteiger partial charge in [-0.05, 0) is 26.7 Å². The first kappa shape index (κ1) is 17.9. The maximum absolute atomic E-state index is 12.2. The minimum absolute atomic E-state index is 0.0544. The van der Waals surface area contributed by atoms with Gasteiger partial charge in [0.2, 0.25) is 5.91 Å². The monoisotopic (exact) mass is 334 g/mol. The Labute approximate surface area is 143 Å². The van der Waals surface area contributed by atoms with E-state index in [0.29, 0.717) is 24.8 Å². The highest BCUT2D eigenvalue weighted by atomic mass is 32.2. The van der Waals surface area contributed by atoms with Crippen LogP contribution >= 0.6 is 11.8 Å². The fourth-order valence-corrected chi connectivity index (χ4v) is 4.15. The number of hydrogen-bond acceptors (Lipinski definition) is 4. The molecule has 0 aromatic carbocycles. The lowest BCUT2D eigenvalue weighted by Gasteiger charge is -2.26. The number of imidazole rings is 1. The fraction of sp³-hybridized carbons (Fsp3) is 0.706. The molecule has 1 fully saturated rings. The summed E-state index contributed by atoms with van der Waals surface area (Å²) >= 11 is 1.52. The number of carbonyl (C=O) groups is 1. The predicted molar refractivity (Wildman–Crippen MR) is 92.4 cm³/mol. The number of nitrogens with zero attached hydrogens (tertiary/aromatic N) is 4. The Morgan fingerprint density at radius 2 is 2.09 bits per heavy atom. The number of aromatic nitrogens is 2. The zero-order valence-corrected chi connectivity index (χ0v) is 15.2. The van der Waals surface area contributed by atoms with Gasteiger partial charge in [-0.25, -0.2) is 4.98 Å². The van der Waals surface area contributed by atoms with Crippen LogP contribution in [-0.2, 0) is 4.79 Å². The molecule has 0 saturated heterocycles. The van der Waals surface area contributed by atoms with Gasteiger partial charge in [0, 0.05) is 25.3 Å². The van der Waals surface area contributed by atoms with Gasteiger partial charge in [-0.15, -0.1) is 0 Å². The molecule has 0 atom stereocenters. The lowest BCUT2D eigenvalue weighted by molar-refractivity contribution is -0.127. The van der Waals surface area contributed by atoms with Crippen LogP contribution in [0.1, 0.15) is 56.0 Å². The first-order chi connectivity index (χ1) is 11.0. The molecule has 1 heterocycles. The van der Waals surface area contributed by atoms with Crippen LogP contribution in [-0.4, -0.2) is 39.7 Å². The second-order valence-electron chi connectivity index (χ2n) is 6.24. The van der Waals surface area contributed by atoms with E-state index < -0.39 is 0 Å². The molecule has 6 heteroatoms. The van der Waals surface area contributed by atoms with Crippen molar-refractivity contribution >= 4 is 17.7 Å². The van der Waals surface area contributed by atoms with Gasteiger partial charge >= 0.3 is 0 Å². The molecule has 1 aromatic heterocycles. The van der Waals surface area contributed by atoms with Gasteiger partial charge in [0.1, 0.15) is 0 Å². The standard InChI is InChI=1S/C17H26N4OS/c1-13-14(2)21(15-8-5-4-6-9-15)17(19-13)23-12-16(22)20(3)11-7-10-18/h15H,4-9,11-12H2,1-3H3. The molecular formula is C17H26N4OS. The molecule has 1 aromatic rings. The average Bonchev–Trinajstić information content (AvgIpc) is 2.85. The number of aryl methyl sites for hydroxylation is 1. The predicted octanol–water partition coefficient (Wildman–Crippen LogP) is 3.47. The normalized spacial score (nSPS) is 15.4. The molecule has 1 aliphatic carbocycles. The summed E-state index contributed by atoms with van der Waals surface area (Å²) in [6.07, 6.45) is 6.68. The molecule has 1 amide bonds. The summed E-state index contributed by atoms with van der Waals surface area (Å²) < 4.78 is 2.35. The zero-order valence-electron chi connectivity index (χ0n) is 14.3. The van der Waals surface area contributed by atoms with Crippen LogP contribution in [0, 0.1) is 25.2 Å². The molecule has 126 valence electrons. The summed E-state index contributed by atoms with van der Waals surface area (Å²) in [5.41, 5.74) is 2.29. The Morgan fingerprint density at radius 3 is 2.74 bits per heavy atom. The van der Waals surface area contributed by atoms with Gasteiger partial charge in [-0.1, -0.05) is 31.0 Å². The van der Waals surface area contributed by atoms with E-state index in [1.807, 2.05) is 6.92 Å². The van der Waals surface area contributed by atoms with Crippen LogP contribution in [0.4, 0.5) is 0 Å². The van der Waals surface area contributed by atoms with E-state index in [2.05, 4.69) is 22.5 Å². The Bertz CT molecular complexity index is 584. The average molecular weight is 334 g/mol. The third kappa shape index (κ3) is 4.51. The molecule has 0 aliphatic heterocycles. The number of hydrogen-bond donors (Lipinski definition) is 0. The first-order valence-corrected chi connectivity index (χ1v) is 9.32. The van der Waals surface area contributed by atoms with Crippen molar-refractivity contribution in [1.82, 2.24) is 14.5 Å². The quantitative estimate of drug-likeness (QED) is 0.747. The highest BCUT2D eigenvalue weighted by Gasteiger charge is 2.22. The van der Waals surface area contributed by atoms with E-state index in [4.69, 9.17) is 5.26 Å². The van der Waals surface area contributed by atoms with Crippen molar-refractivity contribution in [2.45, 2.75) is 63.6 Å². The number of carbonyl (C=O) groups excluding carboxylic acids is 1. The number of amides is 1. The topological polar surface area (TPSA) is 61.9 Å². The summed E-state index contributed by atoms with van der Waals surface area (Å²) in [4.78, 5) is 18.5. The molecular weight excluding hydrogens is 308 g/mol. The molecule has 23 heavy (non-hydrogen) atoms. The highest BCUT2D eigenvalue weighted by molar-refractivity contribution is 7.99. The van der Waals surface area contributed by atoms with Crippen LogP contribution < -0.4 is 0 Å². The molecule has 2 rings (SSSR count). The third-order valence-corrected chi connectivity index (χ3v) is 5.54. The lowest BCUT2D eigenvalue weighted by Crippen LogP contribution is -2.29. The summed E-state index contributed by atoms with van der Waals surface area (Å²) in [5, 5.41) is 9.58. The van der Waals surface area contributed by atoms with Crippen molar-refractivity contribution in [3.05, 3.63) is 11.4 Å². The van der Waals surface area contributed by atoms with Crippen molar-refractivity contribution in [3.8, 4) is 6.07 Å². The SMILES string of the molecule is Cc1nc(SCC(=O)N(C)CCC#N)n(C2CCCCC2)c1C. The van der Waals surface area contributed by atoms with E-state index in [9.17, 15) is 4.79 Å². The Hall–Kier alpha value is -1.48. The Morgan fingerprint density at radius 1 is 1.39 bits per heavy atom. The number of thioether (sulfide) groups is 1. The highest BCUT2D eigenvalue weighted by Crippen LogP contribution is 2.34. The van der Waals surface area contributed by atoms with Gasteiger partial charge in [-0.3, -0.25) is 4.79 Å². The maximum Gasteiger partial charge on any atom is 0.232 e. The van der Waals surface area contributed by atoms with Gasteiger partial charge in [-0.2, -0.15) is 5.26 Å². The van der Waals surface area contributed by atoms with Crippen LogP contribution in [0.25, 0.3) is 0 Å². The molecule has 0 spiro atoms. The number of nitriles is 1. The smallest absolute Gasteiger partial charge is 0.232 e. The Balaban J connectivity index is 2.03. The fourth-order valence-electron chi connectivity index (χ4n) is 3.05. The van der Waals surface area contributed by atoms with E-state index in [-0.39, 0.29) is 5.91 Å². The van der Waals surface area contributed by atoms with Crippen molar-refractivity contribution < 1.29 is 4.79 Å². The van der Waals surface area contributed by atoms with Gasteiger partial charge in [0.05, 0.1) is 23.9 Å². The second-order valence-corrected chi connectivity index (χ2v) is 7.18. The molecule has 1 saturated carbocycles. The summed E-state index contributed by atoms with van der Waals surface area (Å²) in [6, 6.07) is 2.60. The lowest BCUT2D eigenvalue weighted by atomic mass is 9.95. The minimum Gasteiger partial charge on any atom is -0.344 e. The van der Waals surface area contributed by atoms with E-state index >= 15 is 0 Å². The molecule has 5 nitrogen and oxygen atoms in total. The minimum atomic E-state index is 0.0544. The van der Waals surface area contributed by atoms with E-state index in [1.54, 1.807) is 11.9 Å². The van der Waals surface area contributed by atoms with Crippen molar-refractivity contribution in [2.24, 2.45) is 0 Å². The van der Waals surface area contributed by atoms with Crippen molar-refractivity contribution in [3.63, 3.8) is 0 Å². The maximum atomic E-state index is 12.2. The van der Waals surface area contributed by atoms with E-state index in [1.165, 1.54) is 49.6 Å². The molecule has 0 unspecified atom stereocenters. The van der Waals surface area contributed by atoms with Gasteiger partial charge in [0.15, 0.2) is 5.16 Å². The first-order valence-electron chi connectivity index (χ1n) is 8.33. The largest absolute Gasteiger partial charge is 0.344 e. The van der Waals surface area contributed by atoms with Gasteiger partial charge < -0.3 is 9.47 Å².